The monoisotopic (exact) mass is 498 g/mol. The van der Waals surface area contributed by atoms with Gasteiger partial charge in [0.1, 0.15) is 0 Å². The van der Waals surface area contributed by atoms with Gasteiger partial charge in [-0.1, -0.05) is 24.3 Å². The van der Waals surface area contributed by atoms with E-state index in [2.05, 4.69) is 9.97 Å². The van der Waals surface area contributed by atoms with Gasteiger partial charge in [-0.25, -0.2) is 19.6 Å². The fourth-order valence-electron chi connectivity index (χ4n) is 4.06. The number of benzene rings is 2. The van der Waals surface area contributed by atoms with Crippen LogP contribution in [-0.4, -0.2) is 9.97 Å². The van der Waals surface area contributed by atoms with Crippen molar-refractivity contribution in [2.45, 2.75) is 19.3 Å². The summed E-state index contributed by atoms with van der Waals surface area (Å²) in [6.45, 7) is 0. The molecule has 0 bridgehead atoms. The van der Waals surface area contributed by atoms with E-state index < -0.39 is 11.3 Å². The van der Waals surface area contributed by atoms with E-state index in [1.54, 1.807) is 34.8 Å². The maximum absolute atomic E-state index is 12.6. The fourth-order valence-corrected chi connectivity index (χ4v) is 5.45. The minimum atomic E-state index is -0.398. The highest BCUT2D eigenvalue weighted by molar-refractivity contribution is 7.10. The van der Waals surface area contributed by atoms with E-state index in [9.17, 15) is 9.59 Å². The quantitative estimate of drug-likeness (QED) is 0.298. The summed E-state index contributed by atoms with van der Waals surface area (Å²) >= 11 is 3.20. The molecular formula is C27H18N2O4S2. The van der Waals surface area contributed by atoms with Crippen molar-refractivity contribution in [1.29, 1.82) is 0 Å². The van der Waals surface area contributed by atoms with Crippen molar-refractivity contribution in [3.63, 3.8) is 0 Å². The van der Waals surface area contributed by atoms with Gasteiger partial charge in [0.25, 0.3) is 0 Å². The minimum absolute atomic E-state index is 0.398. The zero-order valence-electron chi connectivity index (χ0n) is 18.4. The Balaban J connectivity index is 1.27. The number of thiophene rings is 2. The molecule has 4 heterocycles. The van der Waals surface area contributed by atoms with Crippen LogP contribution in [0.4, 0.5) is 0 Å². The van der Waals surface area contributed by atoms with Crippen LogP contribution in [0.5, 0.6) is 0 Å². The number of aromatic nitrogens is 2. The van der Waals surface area contributed by atoms with Crippen molar-refractivity contribution in [1.82, 2.24) is 9.97 Å². The molecule has 0 fully saturated rings. The average Bonchev–Trinajstić information content (AvgIpc) is 3.55. The molecule has 6 rings (SSSR count). The normalized spacial score (nSPS) is 11.4. The Hall–Kier alpha value is -3.88. The van der Waals surface area contributed by atoms with E-state index in [1.807, 2.05) is 59.3 Å². The zero-order chi connectivity index (χ0) is 23.8. The molecule has 0 aliphatic heterocycles. The van der Waals surface area contributed by atoms with Crippen LogP contribution in [0.15, 0.2) is 89.8 Å². The van der Waals surface area contributed by atoms with Crippen LogP contribution in [0.2, 0.25) is 0 Å². The Labute approximate surface area is 207 Å². The maximum Gasteiger partial charge on any atom is 0.346 e. The first-order valence-corrected chi connectivity index (χ1v) is 12.8. The van der Waals surface area contributed by atoms with Crippen LogP contribution in [-0.2, 0) is 19.3 Å². The van der Waals surface area contributed by atoms with E-state index in [0.29, 0.717) is 52.8 Å². The molecule has 0 saturated carbocycles. The second kappa shape index (κ2) is 9.05. The summed E-state index contributed by atoms with van der Waals surface area (Å²) in [5.41, 5.74) is 2.26. The highest BCUT2D eigenvalue weighted by Crippen LogP contribution is 2.20. The summed E-state index contributed by atoms with van der Waals surface area (Å²) in [4.78, 5) is 36.5. The van der Waals surface area contributed by atoms with Crippen LogP contribution in [0.3, 0.4) is 0 Å². The number of rotatable bonds is 6. The lowest BCUT2D eigenvalue weighted by atomic mass is 10.0. The Morgan fingerprint density at radius 3 is 1.54 bits per heavy atom. The van der Waals surface area contributed by atoms with Crippen molar-refractivity contribution in [2.24, 2.45) is 0 Å². The maximum atomic E-state index is 12.6. The minimum Gasteiger partial charge on any atom is -0.407 e. The Morgan fingerprint density at radius 1 is 0.629 bits per heavy atom. The van der Waals surface area contributed by atoms with Gasteiger partial charge in [-0.15, -0.1) is 22.7 Å². The molecule has 6 nitrogen and oxygen atoms in total. The average molecular weight is 499 g/mol. The number of hydrogen-bond donors (Lipinski definition) is 0. The molecule has 0 saturated heterocycles. The van der Waals surface area contributed by atoms with Gasteiger partial charge >= 0.3 is 11.3 Å². The molecule has 2 aromatic carbocycles. The first kappa shape index (κ1) is 21.6. The standard InChI is InChI=1S/C27H18N2O4S2/c30-26-20-12-16(5-7-22(20)28-24(32-26)14-18-3-1-9-34-18)11-17-6-8-23-21(13-17)27(31)33-25(29-23)15-19-4-2-10-35-19/h1-10,12-13H,11,14-15H2. The predicted octanol–water partition coefficient (Wildman–Crippen LogP) is 5.58. The Morgan fingerprint density at radius 2 is 1.11 bits per heavy atom. The summed E-state index contributed by atoms with van der Waals surface area (Å²) in [6.07, 6.45) is 1.53. The Bertz CT molecular complexity index is 1640. The summed E-state index contributed by atoms with van der Waals surface area (Å²) in [6, 6.07) is 19.1. The predicted molar refractivity (Wildman–Crippen MR) is 138 cm³/mol. The Kier molecular flexibility index (Phi) is 5.60. The van der Waals surface area contributed by atoms with Crippen molar-refractivity contribution >= 4 is 44.5 Å². The first-order chi connectivity index (χ1) is 17.1. The highest BCUT2D eigenvalue weighted by atomic mass is 32.1. The molecule has 0 radical (unpaired) electrons. The van der Waals surface area contributed by atoms with E-state index in [1.165, 1.54) is 0 Å². The van der Waals surface area contributed by atoms with Gasteiger partial charge in [0.15, 0.2) is 0 Å². The number of fused-ring (bicyclic) bond motifs is 2. The molecule has 35 heavy (non-hydrogen) atoms. The molecule has 4 aromatic heterocycles. The van der Waals surface area contributed by atoms with Crippen LogP contribution < -0.4 is 11.3 Å². The molecule has 8 heteroatoms. The van der Waals surface area contributed by atoms with Crippen LogP contribution in [0.1, 0.15) is 32.7 Å². The van der Waals surface area contributed by atoms with Crippen LogP contribution in [0, 0.1) is 0 Å². The van der Waals surface area contributed by atoms with Crippen molar-refractivity contribution in [3.8, 4) is 0 Å². The second-order valence-corrected chi connectivity index (χ2v) is 10.2. The van der Waals surface area contributed by atoms with Gasteiger partial charge < -0.3 is 8.83 Å². The summed E-state index contributed by atoms with van der Waals surface area (Å²) < 4.78 is 10.9. The molecule has 172 valence electrons. The lowest BCUT2D eigenvalue weighted by molar-refractivity contribution is 0.455. The van der Waals surface area contributed by atoms with Gasteiger partial charge in [0, 0.05) is 9.75 Å². The van der Waals surface area contributed by atoms with Gasteiger partial charge in [-0.3, -0.25) is 0 Å². The lowest BCUT2D eigenvalue weighted by Crippen LogP contribution is -2.07. The third kappa shape index (κ3) is 4.58. The smallest absolute Gasteiger partial charge is 0.346 e. The molecule has 0 atom stereocenters. The number of nitrogens with zero attached hydrogens (tertiary/aromatic N) is 2. The van der Waals surface area contributed by atoms with Crippen LogP contribution >= 0.6 is 22.7 Å². The lowest BCUT2D eigenvalue weighted by Gasteiger charge is -2.06. The third-order valence-corrected chi connectivity index (χ3v) is 7.45. The van der Waals surface area contributed by atoms with Gasteiger partial charge in [0.05, 0.1) is 34.6 Å². The van der Waals surface area contributed by atoms with E-state index >= 15 is 0 Å². The largest absolute Gasteiger partial charge is 0.407 e. The van der Waals surface area contributed by atoms with Gasteiger partial charge in [-0.2, -0.15) is 0 Å². The summed E-state index contributed by atoms with van der Waals surface area (Å²) in [5.74, 6) is 0.815. The molecule has 0 N–H and O–H groups in total. The molecule has 6 aromatic rings. The highest BCUT2D eigenvalue weighted by Gasteiger charge is 2.11. The van der Waals surface area contributed by atoms with Crippen molar-refractivity contribution < 1.29 is 8.83 Å². The van der Waals surface area contributed by atoms with Crippen molar-refractivity contribution in [2.75, 3.05) is 0 Å². The molecule has 0 aliphatic carbocycles. The molecule has 0 aliphatic rings. The van der Waals surface area contributed by atoms with E-state index in [0.717, 1.165) is 20.9 Å². The van der Waals surface area contributed by atoms with Gasteiger partial charge in [0.2, 0.25) is 11.8 Å². The first-order valence-electron chi connectivity index (χ1n) is 11.0. The van der Waals surface area contributed by atoms with Gasteiger partial charge in [-0.05, 0) is 64.7 Å². The molecule has 0 unspecified atom stereocenters. The van der Waals surface area contributed by atoms with Crippen molar-refractivity contribution in [3.05, 3.63) is 125 Å². The van der Waals surface area contributed by atoms with E-state index in [4.69, 9.17) is 8.83 Å². The topological polar surface area (TPSA) is 86.2 Å². The number of hydrogen-bond acceptors (Lipinski definition) is 8. The van der Waals surface area contributed by atoms with Crippen LogP contribution in [0.25, 0.3) is 21.8 Å². The zero-order valence-corrected chi connectivity index (χ0v) is 20.0. The fraction of sp³-hybridized carbons (Fsp3) is 0.111. The molecular weight excluding hydrogens is 480 g/mol. The second-order valence-electron chi connectivity index (χ2n) is 8.18. The molecule has 0 amide bonds. The summed E-state index contributed by atoms with van der Waals surface area (Å²) in [7, 11) is 0. The SMILES string of the molecule is O=c1oc(Cc2cccs2)nc2ccc(Cc3ccc4nc(Cc5cccs5)oc(=O)c4c3)cc12. The third-order valence-electron chi connectivity index (χ3n) is 5.69. The molecule has 0 spiro atoms. The summed E-state index contributed by atoms with van der Waals surface area (Å²) in [5, 5.41) is 4.85. The van der Waals surface area contributed by atoms with E-state index in [-0.39, 0.29) is 0 Å².